The van der Waals surface area contributed by atoms with Crippen LogP contribution in [-0.2, 0) is 4.79 Å². The fraction of sp³-hybridized carbons (Fsp3) is 0.231. The first kappa shape index (κ1) is 13.2. The molecule has 0 radical (unpaired) electrons. The largest absolute Gasteiger partial charge is 0.323 e. The monoisotopic (exact) mass is 265 g/mol. The topological polar surface area (TPSA) is 46.9 Å². The maximum atomic E-state index is 13.3. The van der Waals surface area contributed by atoms with Gasteiger partial charge in [0.25, 0.3) is 0 Å². The van der Waals surface area contributed by atoms with Gasteiger partial charge in [-0.2, -0.15) is 5.10 Å². The Balaban J connectivity index is 1.99. The average Bonchev–Trinajstić information content (AvgIpc) is 2.87. The zero-order valence-corrected chi connectivity index (χ0v) is 10.3. The van der Waals surface area contributed by atoms with Crippen LogP contribution in [0.2, 0.25) is 0 Å². The quantitative estimate of drug-likeness (QED) is 0.924. The molecule has 4 nitrogen and oxygen atoms in total. The van der Waals surface area contributed by atoms with Crippen LogP contribution in [-0.4, -0.2) is 15.7 Å². The Morgan fingerprint density at radius 1 is 1.47 bits per heavy atom. The average molecular weight is 265 g/mol. The van der Waals surface area contributed by atoms with Crippen molar-refractivity contribution in [1.29, 1.82) is 0 Å². The molecule has 0 saturated carbocycles. The predicted octanol–water partition coefficient (Wildman–Crippen LogP) is 2.75. The standard InChI is InChI=1S/C13H13F2N3O/c1-9(18-6-2-5-16-18)7-13(19)17-12-8-10(14)3-4-11(12)15/h2-6,8-9H,7H2,1H3,(H,17,19). The molecule has 1 atom stereocenters. The third-order valence-electron chi connectivity index (χ3n) is 2.66. The molecule has 1 N–H and O–H groups in total. The Morgan fingerprint density at radius 2 is 2.26 bits per heavy atom. The number of hydrogen-bond acceptors (Lipinski definition) is 2. The lowest BCUT2D eigenvalue weighted by Crippen LogP contribution is -2.18. The zero-order chi connectivity index (χ0) is 13.8. The number of hydrogen-bond donors (Lipinski definition) is 1. The highest BCUT2D eigenvalue weighted by Crippen LogP contribution is 2.17. The van der Waals surface area contributed by atoms with Crippen LogP contribution in [0.25, 0.3) is 0 Å². The van der Waals surface area contributed by atoms with Crippen molar-refractivity contribution in [2.45, 2.75) is 19.4 Å². The summed E-state index contributed by atoms with van der Waals surface area (Å²) in [6.07, 6.45) is 3.47. The fourth-order valence-corrected chi connectivity index (χ4v) is 1.70. The number of nitrogens with zero attached hydrogens (tertiary/aromatic N) is 2. The van der Waals surface area contributed by atoms with Crippen LogP contribution in [0.15, 0.2) is 36.7 Å². The van der Waals surface area contributed by atoms with Gasteiger partial charge in [-0.25, -0.2) is 8.78 Å². The third-order valence-corrected chi connectivity index (χ3v) is 2.66. The second kappa shape index (κ2) is 5.60. The van der Waals surface area contributed by atoms with E-state index in [9.17, 15) is 13.6 Å². The van der Waals surface area contributed by atoms with E-state index in [2.05, 4.69) is 10.4 Å². The van der Waals surface area contributed by atoms with E-state index in [0.717, 1.165) is 18.2 Å². The number of benzene rings is 1. The molecule has 0 aliphatic carbocycles. The van der Waals surface area contributed by atoms with Gasteiger partial charge in [0.2, 0.25) is 5.91 Å². The van der Waals surface area contributed by atoms with Crippen LogP contribution < -0.4 is 5.32 Å². The summed E-state index contributed by atoms with van der Waals surface area (Å²) in [6.45, 7) is 1.81. The van der Waals surface area contributed by atoms with Crippen molar-refractivity contribution < 1.29 is 13.6 Å². The number of halogens is 2. The Bertz CT molecular complexity index is 569. The van der Waals surface area contributed by atoms with E-state index in [1.807, 2.05) is 6.92 Å². The SMILES string of the molecule is CC(CC(=O)Nc1cc(F)ccc1F)n1cccn1. The van der Waals surface area contributed by atoms with E-state index in [4.69, 9.17) is 0 Å². The lowest BCUT2D eigenvalue weighted by atomic mass is 10.2. The van der Waals surface area contributed by atoms with Crippen LogP contribution in [0.5, 0.6) is 0 Å². The Labute approximate surface area is 109 Å². The summed E-state index contributed by atoms with van der Waals surface area (Å²) in [5, 5.41) is 6.36. The number of amides is 1. The summed E-state index contributed by atoms with van der Waals surface area (Å²) in [5.41, 5.74) is -0.155. The molecule has 0 fully saturated rings. The van der Waals surface area contributed by atoms with Gasteiger partial charge in [0.15, 0.2) is 0 Å². The maximum absolute atomic E-state index is 13.3. The normalized spacial score (nSPS) is 12.2. The molecule has 0 aliphatic heterocycles. The molecular formula is C13H13F2N3O. The summed E-state index contributed by atoms with van der Waals surface area (Å²) in [6, 6.07) is 4.51. The molecule has 100 valence electrons. The minimum atomic E-state index is -0.665. The molecule has 0 aliphatic rings. The van der Waals surface area contributed by atoms with Gasteiger partial charge in [0.1, 0.15) is 11.6 Å². The molecule has 1 aromatic carbocycles. The summed E-state index contributed by atoms with van der Waals surface area (Å²) < 4.78 is 27.9. The number of rotatable bonds is 4. The van der Waals surface area contributed by atoms with Crippen molar-refractivity contribution in [2.24, 2.45) is 0 Å². The van der Waals surface area contributed by atoms with Crippen molar-refractivity contribution in [3.8, 4) is 0 Å². The van der Waals surface area contributed by atoms with Crippen molar-refractivity contribution in [3.05, 3.63) is 48.3 Å². The molecule has 1 unspecified atom stereocenters. The van der Waals surface area contributed by atoms with Gasteiger partial charge in [-0.1, -0.05) is 0 Å². The number of carbonyl (C=O) groups excluding carboxylic acids is 1. The van der Waals surface area contributed by atoms with Gasteiger partial charge in [0, 0.05) is 24.9 Å². The first-order chi connectivity index (χ1) is 9.06. The van der Waals surface area contributed by atoms with Gasteiger partial charge in [-0.3, -0.25) is 9.48 Å². The maximum Gasteiger partial charge on any atom is 0.226 e. The second-order valence-electron chi connectivity index (χ2n) is 4.21. The molecule has 1 heterocycles. The minimum absolute atomic E-state index is 0.123. The van der Waals surface area contributed by atoms with Crippen LogP contribution in [0.1, 0.15) is 19.4 Å². The highest BCUT2D eigenvalue weighted by molar-refractivity contribution is 5.91. The number of aromatic nitrogens is 2. The van der Waals surface area contributed by atoms with Gasteiger partial charge >= 0.3 is 0 Å². The summed E-state index contributed by atoms with van der Waals surface area (Å²) in [5.74, 6) is -1.66. The number of anilines is 1. The van der Waals surface area contributed by atoms with Gasteiger partial charge in [-0.15, -0.1) is 0 Å². The lowest BCUT2D eigenvalue weighted by Gasteiger charge is -2.12. The van der Waals surface area contributed by atoms with Crippen LogP contribution >= 0.6 is 0 Å². The molecule has 0 spiro atoms. The van der Waals surface area contributed by atoms with Gasteiger partial charge in [-0.05, 0) is 25.1 Å². The molecule has 2 rings (SSSR count). The fourth-order valence-electron chi connectivity index (χ4n) is 1.70. The third kappa shape index (κ3) is 3.37. The lowest BCUT2D eigenvalue weighted by molar-refractivity contribution is -0.116. The first-order valence-corrected chi connectivity index (χ1v) is 5.80. The predicted molar refractivity (Wildman–Crippen MR) is 66.5 cm³/mol. The summed E-state index contributed by atoms with van der Waals surface area (Å²) in [4.78, 5) is 11.7. The minimum Gasteiger partial charge on any atom is -0.323 e. The Morgan fingerprint density at radius 3 is 2.95 bits per heavy atom. The highest BCUT2D eigenvalue weighted by atomic mass is 19.1. The Hall–Kier alpha value is -2.24. The number of nitrogens with one attached hydrogen (secondary N) is 1. The molecule has 6 heteroatoms. The van der Waals surface area contributed by atoms with E-state index >= 15 is 0 Å². The number of carbonyl (C=O) groups is 1. The van der Waals surface area contributed by atoms with E-state index in [1.165, 1.54) is 0 Å². The van der Waals surface area contributed by atoms with Crippen LogP contribution in [0.3, 0.4) is 0 Å². The van der Waals surface area contributed by atoms with Crippen molar-refractivity contribution in [2.75, 3.05) is 5.32 Å². The molecular weight excluding hydrogens is 252 g/mol. The van der Waals surface area contributed by atoms with E-state index in [0.29, 0.717) is 0 Å². The van der Waals surface area contributed by atoms with Gasteiger partial charge in [0.05, 0.1) is 11.7 Å². The first-order valence-electron chi connectivity index (χ1n) is 5.80. The van der Waals surface area contributed by atoms with Crippen molar-refractivity contribution in [1.82, 2.24) is 9.78 Å². The molecule has 1 amide bonds. The molecule has 0 saturated heterocycles. The summed E-state index contributed by atoms with van der Waals surface area (Å²) >= 11 is 0. The van der Waals surface area contributed by atoms with E-state index in [1.54, 1.807) is 23.1 Å². The molecule has 1 aromatic heterocycles. The van der Waals surface area contributed by atoms with Gasteiger partial charge < -0.3 is 5.32 Å². The van der Waals surface area contributed by atoms with Crippen molar-refractivity contribution in [3.63, 3.8) is 0 Å². The Kier molecular flexibility index (Phi) is 3.89. The van der Waals surface area contributed by atoms with Crippen molar-refractivity contribution >= 4 is 11.6 Å². The highest BCUT2D eigenvalue weighted by Gasteiger charge is 2.13. The summed E-state index contributed by atoms with van der Waals surface area (Å²) in [7, 11) is 0. The van der Waals surface area contributed by atoms with E-state index in [-0.39, 0.29) is 18.2 Å². The van der Waals surface area contributed by atoms with Crippen LogP contribution in [0, 0.1) is 11.6 Å². The zero-order valence-electron chi connectivity index (χ0n) is 10.3. The molecule has 2 aromatic rings. The smallest absolute Gasteiger partial charge is 0.226 e. The second-order valence-corrected chi connectivity index (χ2v) is 4.21. The molecule has 19 heavy (non-hydrogen) atoms. The van der Waals surface area contributed by atoms with E-state index < -0.39 is 17.5 Å². The molecule has 0 bridgehead atoms. The van der Waals surface area contributed by atoms with Crippen LogP contribution in [0.4, 0.5) is 14.5 Å².